The second-order valence-corrected chi connectivity index (χ2v) is 7.70. The van der Waals surface area contributed by atoms with Gasteiger partial charge in [-0.25, -0.2) is 0 Å². The highest BCUT2D eigenvalue weighted by Crippen LogP contribution is 2.29. The molecule has 4 aromatic rings. The number of nitrogens with zero attached hydrogens (tertiary/aromatic N) is 3. The van der Waals surface area contributed by atoms with Crippen LogP contribution in [0.1, 0.15) is 34.7 Å². The Balaban J connectivity index is 1.45. The van der Waals surface area contributed by atoms with Gasteiger partial charge in [0.25, 0.3) is 11.6 Å². The average molecular weight is 470 g/mol. The molecular weight excluding hydrogens is 446 g/mol. The summed E-state index contributed by atoms with van der Waals surface area (Å²) in [5.74, 6) is 0.0850. The third-order valence-corrected chi connectivity index (χ3v) is 5.16. The van der Waals surface area contributed by atoms with Gasteiger partial charge in [-0.1, -0.05) is 18.2 Å². The number of pyridine rings is 2. The molecule has 2 aromatic carbocycles. The third-order valence-electron chi connectivity index (χ3n) is 5.16. The molecule has 1 atom stereocenters. The maximum Gasteiger partial charge on any atom is 0.293 e. The van der Waals surface area contributed by atoms with Crippen LogP contribution < -0.4 is 15.4 Å². The van der Waals surface area contributed by atoms with Crippen molar-refractivity contribution >= 4 is 23.0 Å². The number of hydrogen-bond acceptors (Lipinski definition) is 7. The van der Waals surface area contributed by atoms with Gasteiger partial charge in [0.05, 0.1) is 22.4 Å². The van der Waals surface area contributed by atoms with Gasteiger partial charge in [0.1, 0.15) is 18.0 Å². The van der Waals surface area contributed by atoms with Crippen LogP contribution in [0.25, 0.3) is 0 Å². The smallest absolute Gasteiger partial charge is 0.293 e. The first-order valence-electron chi connectivity index (χ1n) is 10.9. The van der Waals surface area contributed by atoms with Crippen LogP contribution in [-0.4, -0.2) is 20.8 Å². The van der Waals surface area contributed by atoms with Crippen molar-refractivity contribution in [1.29, 1.82) is 0 Å². The van der Waals surface area contributed by atoms with Gasteiger partial charge in [-0.05, 0) is 55.5 Å². The maximum atomic E-state index is 12.8. The number of benzene rings is 2. The van der Waals surface area contributed by atoms with Crippen molar-refractivity contribution in [3.63, 3.8) is 0 Å². The summed E-state index contributed by atoms with van der Waals surface area (Å²) in [6.07, 6.45) is 3.35. The highest BCUT2D eigenvalue weighted by molar-refractivity contribution is 6.05. The molecule has 0 aliphatic heterocycles. The summed E-state index contributed by atoms with van der Waals surface area (Å²) in [4.78, 5) is 32.5. The first-order valence-corrected chi connectivity index (χ1v) is 10.9. The molecule has 0 radical (unpaired) electrons. The summed E-state index contributed by atoms with van der Waals surface area (Å²) < 4.78 is 5.74. The molecule has 1 unspecified atom stereocenters. The highest BCUT2D eigenvalue weighted by atomic mass is 16.6. The van der Waals surface area contributed by atoms with E-state index in [1.807, 2.05) is 37.3 Å². The number of nitro benzene ring substituents is 1. The molecule has 0 saturated heterocycles. The molecular formula is C26H23N5O4. The van der Waals surface area contributed by atoms with E-state index in [-0.39, 0.29) is 23.9 Å². The molecule has 0 fully saturated rings. The molecule has 0 aliphatic rings. The molecule has 35 heavy (non-hydrogen) atoms. The lowest BCUT2D eigenvalue weighted by Gasteiger charge is -2.15. The van der Waals surface area contributed by atoms with Crippen molar-refractivity contribution in [2.45, 2.75) is 19.6 Å². The van der Waals surface area contributed by atoms with Gasteiger partial charge in [0.15, 0.2) is 0 Å². The van der Waals surface area contributed by atoms with Crippen LogP contribution in [0.3, 0.4) is 0 Å². The SMILES string of the molecule is CC(Nc1ccc(C(=O)Nc2cccc(OCc3ccccn3)c2)cc1[N+](=O)[O-])c1ccccn1. The average Bonchev–Trinajstić information content (AvgIpc) is 2.89. The minimum Gasteiger partial charge on any atom is -0.487 e. The lowest BCUT2D eigenvalue weighted by atomic mass is 10.1. The van der Waals surface area contributed by atoms with Crippen molar-refractivity contribution in [1.82, 2.24) is 9.97 Å². The van der Waals surface area contributed by atoms with E-state index >= 15 is 0 Å². The number of rotatable bonds is 9. The van der Waals surface area contributed by atoms with Gasteiger partial charge >= 0.3 is 0 Å². The molecule has 2 heterocycles. The van der Waals surface area contributed by atoms with Crippen molar-refractivity contribution in [2.24, 2.45) is 0 Å². The molecule has 2 N–H and O–H groups in total. The largest absolute Gasteiger partial charge is 0.487 e. The number of carbonyl (C=O) groups excluding carboxylic acids is 1. The van der Waals surface area contributed by atoms with E-state index in [4.69, 9.17) is 4.74 Å². The second-order valence-electron chi connectivity index (χ2n) is 7.70. The fraction of sp³-hybridized carbons (Fsp3) is 0.115. The monoisotopic (exact) mass is 469 g/mol. The topological polar surface area (TPSA) is 119 Å². The molecule has 4 rings (SSSR count). The van der Waals surface area contributed by atoms with Gasteiger partial charge < -0.3 is 15.4 Å². The van der Waals surface area contributed by atoms with Gasteiger partial charge in [-0.15, -0.1) is 0 Å². The Labute approximate surface area is 202 Å². The van der Waals surface area contributed by atoms with Crippen LogP contribution in [0.15, 0.2) is 91.3 Å². The van der Waals surface area contributed by atoms with Crippen LogP contribution in [0, 0.1) is 10.1 Å². The normalized spacial score (nSPS) is 11.3. The lowest BCUT2D eigenvalue weighted by molar-refractivity contribution is -0.384. The van der Waals surface area contributed by atoms with Crippen LogP contribution in [0.4, 0.5) is 17.1 Å². The van der Waals surface area contributed by atoms with Gasteiger partial charge in [0.2, 0.25) is 0 Å². The van der Waals surface area contributed by atoms with E-state index in [0.29, 0.717) is 17.1 Å². The second kappa shape index (κ2) is 10.9. The highest BCUT2D eigenvalue weighted by Gasteiger charge is 2.20. The lowest BCUT2D eigenvalue weighted by Crippen LogP contribution is -2.14. The first kappa shape index (κ1) is 23.4. The Kier molecular flexibility index (Phi) is 7.27. The number of nitrogens with one attached hydrogen (secondary N) is 2. The number of ether oxygens (including phenoxy) is 1. The summed E-state index contributed by atoms with van der Waals surface area (Å²) in [6.45, 7) is 2.14. The quantitative estimate of drug-likeness (QED) is 0.249. The number of carbonyl (C=O) groups is 1. The summed E-state index contributed by atoms with van der Waals surface area (Å²) in [5.41, 5.74) is 2.28. The minimum atomic E-state index is -0.518. The van der Waals surface area contributed by atoms with E-state index in [1.54, 1.807) is 42.7 Å². The molecule has 9 nitrogen and oxygen atoms in total. The van der Waals surface area contributed by atoms with E-state index in [2.05, 4.69) is 20.6 Å². The van der Waals surface area contributed by atoms with E-state index in [1.165, 1.54) is 18.2 Å². The maximum absolute atomic E-state index is 12.8. The summed E-state index contributed by atoms with van der Waals surface area (Å²) in [5, 5.41) is 17.6. The number of amides is 1. The standard InChI is InChI=1S/C26H23N5O4/c1-18(23-10-3-5-14-28-23)29-24-12-11-19(15-25(24)31(33)34)26(32)30-20-8-6-9-22(16-20)35-17-21-7-2-4-13-27-21/h2-16,18,29H,17H2,1H3,(H,30,32). The van der Waals surface area contributed by atoms with Gasteiger partial charge in [-0.3, -0.25) is 24.9 Å². The number of nitro groups is 1. The molecule has 1 amide bonds. The van der Waals surface area contributed by atoms with Crippen LogP contribution in [0.2, 0.25) is 0 Å². The molecule has 9 heteroatoms. The molecule has 0 spiro atoms. The molecule has 0 bridgehead atoms. The summed E-state index contributed by atoms with van der Waals surface area (Å²) in [6, 6.07) is 22.0. The van der Waals surface area contributed by atoms with Crippen molar-refractivity contribution in [3.8, 4) is 5.75 Å². The van der Waals surface area contributed by atoms with E-state index < -0.39 is 10.8 Å². The third kappa shape index (κ3) is 6.17. The van der Waals surface area contributed by atoms with E-state index in [9.17, 15) is 14.9 Å². The first-order chi connectivity index (χ1) is 17.0. The summed E-state index contributed by atoms with van der Waals surface area (Å²) >= 11 is 0. The fourth-order valence-electron chi connectivity index (χ4n) is 3.39. The van der Waals surface area contributed by atoms with Crippen molar-refractivity contribution < 1.29 is 14.5 Å². The Morgan fingerprint density at radius 1 is 1.00 bits per heavy atom. The molecule has 0 aliphatic carbocycles. The number of hydrogen-bond donors (Lipinski definition) is 2. The zero-order valence-corrected chi connectivity index (χ0v) is 18.9. The Morgan fingerprint density at radius 2 is 1.80 bits per heavy atom. The van der Waals surface area contributed by atoms with Crippen molar-refractivity contribution in [2.75, 3.05) is 10.6 Å². The zero-order chi connectivity index (χ0) is 24.6. The van der Waals surface area contributed by atoms with Crippen LogP contribution >= 0.6 is 0 Å². The Hall–Kier alpha value is -4.79. The van der Waals surface area contributed by atoms with Gasteiger partial charge in [-0.2, -0.15) is 0 Å². The van der Waals surface area contributed by atoms with Crippen LogP contribution in [0.5, 0.6) is 5.75 Å². The fourth-order valence-corrected chi connectivity index (χ4v) is 3.39. The van der Waals surface area contributed by atoms with Crippen molar-refractivity contribution in [3.05, 3.63) is 118 Å². The Bertz CT molecular complexity index is 1320. The van der Waals surface area contributed by atoms with Crippen LogP contribution in [-0.2, 0) is 6.61 Å². The minimum absolute atomic E-state index is 0.160. The number of aromatic nitrogens is 2. The molecule has 0 saturated carbocycles. The Morgan fingerprint density at radius 3 is 2.51 bits per heavy atom. The van der Waals surface area contributed by atoms with E-state index in [0.717, 1.165) is 11.4 Å². The molecule has 176 valence electrons. The summed E-state index contributed by atoms with van der Waals surface area (Å²) in [7, 11) is 0. The zero-order valence-electron chi connectivity index (χ0n) is 18.9. The number of anilines is 2. The predicted molar refractivity (Wildman–Crippen MR) is 132 cm³/mol. The van der Waals surface area contributed by atoms with Gasteiger partial charge in [0, 0.05) is 35.8 Å². The predicted octanol–water partition coefficient (Wildman–Crippen LogP) is 5.39. The molecule has 2 aromatic heterocycles.